The molecule has 5 nitrogen and oxygen atoms in total. The van der Waals surface area contributed by atoms with E-state index in [0.717, 1.165) is 19.1 Å². The number of hydrogen-bond donors (Lipinski definition) is 0. The maximum absolute atomic E-state index is 13.9. The smallest absolute Gasteiger partial charge is 0.329 e. The molecule has 0 bridgehead atoms. The average Bonchev–Trinajstić information content (AvgIpc) is 2.95. The van der Waals surface area contributed by atoms with Crippen molar-refractivity contribution in [3.05, 3.63) is 35.2 Å². The van der Waals surface area contributed by atoms with Crippen molar-refractivity contribution in [1.29, 1.82) is 0 Å². The van der Waals surface area contributed by atoms with Gasteiger partial charge in [0.1, 0.15) is 11.6 Å². The molecule has 0 saturated carbocycles. The molecule has 0 amide bonds. The highest BCUT2D eigenvalue weighted by atomic mass is 19.4. The zero-order valence-electron chi connectivity index (χ0n) is 12.1. The van der Waals surface area contributed by atoms with E-state index in [1.54, 1.807) is 0 Å². The van der Waals surface area contributed by atoms with E-state index in [4.69, 9.17) is 0 Å². The lowest BCUT2D eigenvalue weighted by molar-refractivity contribution is -0.159. The van der Waals surface area contributed by atoms with Gasteiger partial charge in [0.15, 0.2) is 11.6 Å². The van der Waals surface area contributed by atoms with Crippen LogP contribution in [0.25, 0.3) is 11.4 Å². The highest BCUT2D eigenvalue weighted by Gasteiger charge is 2.38. The highest BCUT2D eigenvalue weighted by molar-refractivity contribution is 6.36. The van der Waals surface area contributed by atoms with Crippen LogP contribution in [-0.4, -0.2) is 21.7 Å². The summed E-state index contributed by atoms with van der Waals surface area (Å²) in [6, 6.07) is 1.45. The van der Waals surface area contributed by atoms with E-state index in [1.807, 2.05) is 0 Å². The Morgan fingerprint density at radius 1 is 1.17 bits per heavy atom. The predicted molar refractivity (Wildman–Crippen MR) is 68.7 cm³/mol. The van der Waals surface area contributed by atoms with Crippen LogP contribution in [0, 0.1) is 11.6 Å². The minimum atomic E-state index is -4.88. The van der Waals surface area contributed by atoms with Crippen molar-refractivity contribution in [2.75, 3.05) is 0 Å². The molecule has 0 radical (unpaired) electrons. The molecule has 0 spiro atoms. The summed E-state index contributed by atoms with van der Waals surface area (Å²) in [5, 5.41) is 3.02. The molecule has 10 heteroatoms. The molecule has 0 unspecified atom stereocenters. The number of nitrogens with zero attached hydrogens (tertiary/aromatic N) is 2. The van der Waals surface area contributed by atoms with Gasteiger partial charge in [-0.25, -0.2) is 8.78 Å². The van der Waals surface area contributed by atoms with Crippen LogP contribution in [0.3, 0.4) is 0 Å². The molecule has 0 aliphatic heterocycles. The van der Waals surface area contributed by atoms with Gasteiger partial charge in [-0.15, -0.1) is 0 Å². The number of alkyl halides is 3. The molecule has 1 aromatic carbocycles. The second-order valence-corrected chi connectivity index (χ2v) is 4.82. The van der Waals surface area contributed by atoms with Gasteiger partial charge in [-0.3, -0.25) is 9.59 Å². The minimum absolute atomic E-state index is 0.356. The molecule has 2 aromatic rings. The van der Waals surface area contributed by atoms with Crippen molar-refractivity contribution in [3.63, 3.8) is 0 Å². The van der Waals surface area contributed by atoms with Crippen LogP contribution < -0.4 is 0 Å². The third-order valence-electron chi connectivity index (χ3n) is 3.06. The second-order valence-electron chi connectivity index (χ2n) is 4.82. The SMILES string of the molecule is CC(=O)C(=O)CCc1c(F)cc(-c2noc(C(F)(F)F)n2)cc1F. The van der Waals surface area contributed by atoms with Crippen molar-refractivity contribution in [2.45, 2.75) is 25.9 Å². The number of carbonyl (C=O) groups is 2. The fourth-order valence-electron chi connectivity index (χ4n) is 1.84. The number of aromatic nitrogens is 2. The van der Waals surface area contributed by atoms with E-state index < -0.39 is 46.7 Å². The Morgan fingerprint density at radius 2 is 1.75 bits per heavy atom. The van der Waals surface area contributed by atoms with E-state index in [0.29, 0.717) is 0 Å². The van der Waals surface area contributed by atoms with Crippen molar-refractivity contribution < 1.29 is 36.1 Å². The largest absolute Gasteiger partial charge is 0.471 e. The van der Waals surface area contributed by atoms with E-state index in [-0.39, 0.29) is 18.4 Å². The van der Waals surface area contributed by atoms with Gasteiger partial charge in [0, 0.05) is 24.5 Å². The Balaban J connectivity index is 2.28. The number of halogens is 5. The fraction of sp³-hybridized carbons (Fsp3) is 0.286. The Kier molecular flexibility index (Phi) is 4.76. The monoisotopic (exact) mass is 348 g/mol. The van der Waals surface area contributed by atoms with Gasteiger partial charge in [-0.05, 0) is 18.6 Å². The molecule has 0 aliphatic carbocycles. The lowest BCUT2D eigenvalue weighted by atomic mass is 10.0. The van der Waals surface area contributed by atoms with Crippen molar-refractivity contribution in [2.24, 2.45) is 0 Å². The van der Waals surface area contributed by atoms with Crippen molar-refractivity contribution in [3.8, 4) is 11.4 Å². The number of benzene rings is 1. The van der Waals surface area contributed by atoms with Gasteiger partial charge < -0.3 is 4.52 Å². The molecular weight excluding hydrogens is 339 g/mol. The second kappa shape index (κ2) is 6.46. The van der Waals surface area contributed by atoms with E-state index in [9.17, 15) is 31.5 Å². The first-order valence-corrected chi connectivity index (χ1v) is 6.52. The zero-order chi connectivity index (χ0) is 18.1. The summed E-state index contributed by atoms with van der Waals surface area (Å²) in [6.07, 6.45) is -5.63. The van der Waals surface area contributed by atoms with Crippen LogP contribution in [-0.2, 0) is 22.2 Å². The maximum atomic E-state index is 13.9. The van der Waals surface area contributed by atoms with E-state index in [1.165, 1.54) is 0 Å². The molecule has 0 aliphatic rings. The standard InChI is InChI=1S/C14H9F5N2O3/c1-6(22)11(23)3-2-8-9(15)4-7(5-10(8)16)12-20-13(24-21-12)14(17,18)19/h4-5H,2-3H2,1H3. The maximum Gasteiger partial charge on any atom is 0.471 e. The topological polar surface area (TPSA) is 73.1 Å². The van der Waals surface area contributed by atoms with Gasteiger partial charge in [-0.2, -0.15) is 18.2 Å². The number of ketones is 2. The summed E-state index contributed by atoms with van der Waals surface area (Å²) in [6.45, 7) is 1.03. The predicted octanol–water partition coefficient (Wildman–Crippen LogP) is 3.12. The summed E-state index contributed by atoms with van der Waals surface area (Å²) in [5.74, 6) is -6.00. The summed E-state index contributed by atoms with van der Waals surface area (Å²) in [4.78, 5) is 25.0. The number of Topliss-reactive ketones (excluding diaryl/α,β-unsaturated/α-hetero) is 2. The third-order valence-corrected chi connectivity index (χ3v) is 3.06. The van der Waals surface area contributed by atoms with E-state index in [2.05, 4.69) is 14.7 Å². The molecule has 0 saturated heterocycles. The van der Waals surface area contributed by atoms with Gasteiger partial charge >= 0.3 is 12.1 Å². The summed E-state index contributed by atoms with van der Waals surface area (Å²) >= 11 is 0. The molecule has 1 aromatic heterocycles. The molecule has 0 fully saturated rings. The highest BCUT2D eigenvalue weighted by Crippen LogP contribution is 2.30. The molecular formula is C14H9F5N2O3. The van der Waals surface area contributed by atoms with Crippen LogP contribution in [0.2, 0.25) is 0 Å². The minimum Gasteiger partial charge on any atom is -0.329 e. The van der Waals surface area contributed by atoms with Crippen LogP contribution in [0.15, 0.2) is 16.7 Å². The molecule has 2 rings (SSSR count). The Bertz CT molecular complexity index is 775. The molecule has 128 valence electrons. The lowest BCUT2D eigenvalue weighted by Gasteiger charge is -2.05. The van der Waals surface area contributed by atoms with Crippen molar-refractivity contribution >= 4 is 11.6 Å². The van der Waals surface area contributed by atoms with Crippen LogP contribution >= 0.6 is 0 Å². The van der Waals surface area contributed by atoms with Gasteiger partial charge in [0.25, 0.3) is 0 Å². The quantitative estimate of drug-likeness (QED) is 0.613. The number of hydrogen-bond acceptors (Lipinski definition) is 5. The fourth-order valence-corrected chi connectivity index (χ4v) is 1.84. The van der Waals surface area contributed by atoms with Gasteiger partial charge in [0.2, 0.25) is 5.82 Å². The first-order chi connectivity index (χ1) is 11.1. The van der Waals surface area contributed by atoms with Crippen LogP contribution in [0.5, 0.6) is 0 Å². The first-order valence-electron chi connectivity index (χ1n) is 6.52. The van der Waals surface area contributed by atoms with Crippen LogP contribution in [0.1, 0.15) is 24.8 Å². The Hall–Kier alpha value is -2.65. The van der Waals surface area contributed by atoms with Crippen molar-refractivity contribution in [1.82, 2.24) is 10.1 Å². The molecule has 24 heavy (non-hydrogen) atoms. The molecule has 0 atom stereocenters. The normalized spacial score (nSPS) is 11.6. The van der Waals surface area contributed by atoms with Gasteiger partial charge in [-0.1, -0.05) is 5.16 Å². The molecule has 0 N–H and O–H groups in total. The van der Waals surface area contributed by atoms with E-state index >= 15 is 0 Å². The number of carbonyl (C=O) groups excluding carboxylic acids is 2. The first kappa shape index (κ1) is 17.7. The lowest BCUT2D eigenvalue weighted by Crippen LogP contribution is -2.11. The molecule has 1 heterocycles. The van der Waals surface area contributed by atoms with Crippen LogP contribution in [0.4, 0.5) is 22.0 Å². The average molecular weight is 348 g/mol. The summed E-state index contributed by atoms with van der Waals surface area (Å²) < 4.78 is 69.0. The van der Waals surface area contributed by atoms with Gasteiger partial charge in [0.05, 0.1) is 0 Å². The Morgan fingerprint density at radius 3 is 2.21 bits per heavy atom. The zero-order valence-corrected chi connectivity index (χ0v) is 12.1. The summed E-state index contributed by atoms with van der Waals surface area (Å²) in [5.41, 5.74) is -0.821. The number of rotatable bonds is 5. The Labute approximate surface area is 131 Å². The third kappa shape index (κ3) is 3.81. The summed E-state index contributed by atoms with van der Waals surface area (Å²) in [7, 11) is 0.